The van der Waals surface area contributed by atoms with Gasteiger partial charge in [-0.2, -0.15) is 4.98 Å². The van der Waals surface area contributed by atoms with Crippen LogP contribution in [0.5, 0.6) is 5.88 Å². The molecule has 0 radical (unpaired) electrons. The number of fused-ring (bicyclic) bond motifs is 1. The zero-order valence-electron chi connectivity index (χ0n) is 11.0. The second-order valence-corrected chi connectivity index (χ2v) is 3.46. The molecule has 0 aliphatic carbocycles. The van der Waals surface area contributed by atoms with Crippen LogP contribution in [0.4, 0.5) is 5.82 Å². The van der Waals surface area contributed by atoms with Crippen LogP contribution in [0.25, 0.3) is 0 Å². The Morgan fingerprint density at radius 1 is 1.41 bits per heavy atom. The van der Waals surface area contributed by atoms with Crippen molar-refractivity contribution in [3.63, 3.8) is 0 Å². The highest BCUT2D eigenvalue weighted by Crippen LogP contribution is 2.37. The number of hydrogen-bond acceptors (Lipinski definition) is 6. The number of anilines is 1. The monoisotopic (exact) mass is 240 g/mol. The van der Waals surface area contributed by atoms with Crippen LogP contribution in [0.15, 0.2) is 0 Å². The SMILES string of the molecule is CC.COc1nc(C)nc2c1C(CO)N(C)N2. The minimum atomic E-state index is -0.157. The van der Waals surface area contributed by atoms with E-state index in [0.717, 1.165) is 5.56 Å². The normalized spacial score (nSPS) is 17.9. The maximum Gasteiger partial charge on any atom is 0.223 e. The summed E-state index contributed by atoms with van der Waals surface area (Å²) in [5.74, 6) is 1.87. The number of aliphatic hydroxyl groups excluding tert-OH is 1. The molecule has 0 spiro atoms. The van der Waals surface area contributed by atoms with Crippen molar-refractivity contribution < 1.29 is 9.84 Å². The Labute approximate surface area is 102 Å². The van der Waals surface area contributed by atoms with Gasteiger partial charge in [0.25, 0.3) is 0 Å². The molecule has 1 aliphatic heterocycles. The Morgan fingerprint density at radius 2 is 2.06 bits per heavy atom. The molecule has 0 amide bonds. The summed E-state index contributed by atoms with van der Waals surface area (Å²) in [4.78, 5) is 8.44. The summed E-state index contributed by atoms with van der Waals surface area (Å²) in [6.45, 7) is 5.80. The van der Waals surface area contributed by atoms with Gasteiger partial charge in [0.2, 0.25) is 5.88 Å². The van der Waals surface area contributed by atoms with Crippen LogP contribution >= 0.6 is 0 Å². The Kier molecular flexibility index (Phi) is 4.65. The van der Waals surface area contributed by atoms with E-state index in [0.29, 0.717) is 17.5 Å². The highest BCUT2D eigenvalue weighted by Gasteiger charge is 2.32. The van der Waals surface area contributed by atoms with Crippen molar-refractivity contribution >= 4 is 5.82 Å². The molecule has 0 aromatic carbocycles. The van der Waals surface area contributed by atoms with Crippen LogP contribution in [0, 0.1) is 6.92 Å². The molecule has 2 heterocycles. The number of methoxy groups -OCH3 is 1. The first kappa shape index (κ1) is 13.7. The first-order valence-corrected chi connectivity index (χ1v) is 5.70. The molecule has 1 aromatic heterocycles. The molecule has 96 valence electrons. The summed E-state index contributed by atoms with van der Waals surface area (Å²) in [5.41, 5.74) is 3.87. The van der Waals surface area contributed by atoms with Gasteiger partial charge in [0, 0.05) is 7.05 Å². The van der Waals surface area contributed by atoms with E-state index in [4.69, 9.17) is 4.74 Å². The van der Waals surface area contributed by atoms with E-state index in [1.807, 2.05) is 20.9 Å². The molecule has 0 saturated carbocycles. The molecule has 0 bridgehead atoms. The van der Waals surface area contributed by atoms with Gasteiger partial charge in [0.05, 0.1) is 25.3 Å². The number of nitrogens with zero attached hydrogens (tertiary/aromatic N) is 3. The number of hydrogen-bond donors (Lipinski definition) is 2. The minimum absolute atomic E-state index is 0.000713. The third kappa shape index (κ3) is 2.48. The molecule has 0 saturated heterocycles. The molecule has 1 atom stereocenters. The molecule has 0 fully saturated rings. The van der Waals surface area contributed by atoms with Gasteiger partial charge in [-0.15, -0.1) is 0 Å². The highest BCUT2D eigenvalue weighted by atomic mass is 16.5. The molecule has 6 nitrogen and oxygen atoms in total. The van der Waals surface area contributed by atoms with Crippen LogP contribution in [0.1, 0.15) is 31.3 Å². The Morgan fingerprint density at radius 3 is 2.59 bits per heavy atom. The quantitative estimate of drug-likeness (QED) is 0.807. The number of aromatic nitrogens is 2. The van der Waals surface area contributed by atoms with Crippen molar-refractivity contribution in [3.8, 4) is 5.88 Å². The minimum Gasteiger partial charge on any atom is -0.481 e. The number of likely N-dealkylation sites (N-methyl/N-ethyl adjacent to an activating group) is 1. The summed E-state index contributed by atoms with van der Waals surface area (Å²) in [6.07, 6.45) is 0. The zero-order valence-corrected chi connectivity index (χ0v) is 11.0. The molecular weight excluding hydrogens is 220 g/mol. The number of aliphatic hydroxyl groups is 1. The Balaban J connectivity index is 0.000000686. The maximum absolute atomic E-state index is 9.28. The average molecular weight is 240 g/mol. The van der Waals surface area contributed by atoms with Gasteiger partial charge < -0.3 is 15.3 Å². The number of rotatable bonds is 2. The highest BCUT2D eigenvalue weighted by molar-refractivity contribution is 5.54. The smallest absolute Gasteiger partial charge is 0.223 e. The van der Waals surface area contributed by atoms with Gasteiger partial charge in [-0.25, -0.2) is 9.99 Å². The lowest BCUT2D eigenvalue weighted by Gasteiger charge is -2.16. The van der Waals surface area contributed by atoms with Gasteiger partial charge in [-0.3, -0.25) is 0 Å². The average Bonchev–Trinajstić information content (AvgIpc) is 2.65. The van der Waals surface area contributed by atoms with Crippen molar-refractivity contribution in [2.45, 2.75) is 26.8 Å². The van der Waals surface area contributed by atoms with E-state index in [-0.39, 0.29) is 12.6 Å². The maximum atomic E-state index is 9.28. The largest absolute Gasteiger partial charge is 0.481 e. The number of hydrazine groups is 1. The molecule has 1 unspecified atom stereocenters. The van der Waals surface area contributed by atoms with Crippen molar-refractivity contribution in [1.29, 1.82) is 0 Å². The fourth-order valence-corrected chi connectivity index (χ4v) is 1.75. The van der Waals surface area contributed by atoms with E-state index in [9.17, 15) is 5.11 Å². The fraction of sp³-hybridized carbons (Fsp3) is 0.636. The fourth-order valence-electron chi connectivity index (χ4n) is 1.75. The number of aryl methyl sites for hydroxylation is 1. The van der Waals surface area contributed by atoms with E-state index in [1.54, 1.807) is 19.0 Å². The summed E-state index contributed by atoms with van der Waals surface area (Å²) >= 11 is 0. The third-order valence-corrected chi connectivity index (χ3v) is 2.47. The number of ether oxygens (including phenoxy) is 1. The summed E-state index contributed by atoms with van der Waals surface area (Å²) < 4.78 is 5.19. The van der Waals surface area contributed by atoms with Crippen molar-refractivity contribution in [3.05, 3.63) is 11.4 Å². The molecule has 2 rings (SSSR count). The predicted molar refractivity (Wildman–Crippen MR) is 65.9 cm³/mol. The van der Waals surface area contributed by atoms with Gasteiger partial charge in [0.15, 0.2) is 5.82 Å². The van der Waals surface area contributed by atoms with Gasteiger partial charge in [-0.05, 0) is 6.92 Å². The van der Waals surface area contributed by atoms with E-state index < -0.39 is 0 Å². The molecule has 1 aliphatic rings. The lowest BCUT2D eigenvalue weighted by molar-refractivity contribution is 0.178. The van der Waals surface area contributed by atoms with Gasteiger partial charge in [0.1, 0.15) is 5.82 Å². The molecule has 17 heavy (non-hydrogen) atoms. The van der Waals surface area contributed by atoms with Crippen LogP contribution in [0.2, 0.25) is 0 Å². The summed E-state index contributed by atoms with van der Waals surface area (Å²) in [7, 11) is 3.41. The first-order chi connectivity index (χ1) is 8.17. The summed E-state index contributed by atoms with van der Waals surface area (Å²) in [5, 5.41) is 11.1. The Hall–Kier alpha value is -1.40. The molecule has 1 aromatic rings. The lowest BCUT2D eigenvalue weighted by atomic mass is 10.1. The van der Waals surface area contributed by atoms with Crippen LogP contribution in [-0.2, 0) is 0 Å². The van der Waals surface area contributed by atoms with E-state index >= 15 is 0 Å². The zero-order chi connectivity index (χ0) is 13.0. The van der Waals surface area contributed by atoms with Crippen LogP contribution in [0.3, 0.4) is 0 Å². The molecule has 6 heteroatoms. The van der Waals surface area contributed by atoms with E-state index in [1.165, 1.54) is 0 Å². The summed E-state index contributed by atoms with van der Waals surface area (Å²) in [6, 6.07) is -0.157. The van der Waals surface area contributed by atoms with Crippen molar-refractivity contribution in [2.75, 3.05) is 26.2 Å². The second kappa shape index (κ2) is 5.79. The third-order valence-electron chi connectivity index (χ3n) is 2.47. The van der Waals surface area contributed by atoms with Crippen LogP contribution in [-0.4, -0.2) is 40.8 Å². The topological polar surface area (TPSA) is 70.5 Å². The molecular formula is C11H20N4O2. The second-order valence-electron chi connectivity index (χ2n) is 3.46. The lowest BCUT2D eigenvalue weighted by Crippen LogP contribution is -2.25. The van der Waals surface area contributed by atoms with E-state index in [2.05, 4.69) is 15.4 Å². The van der Waals surface area contributed by atoms with Crippen molar-refractivity contribution in [2.24, 2.45) is 0 Å². The Bertz CT molecular complexity index is 384. The first-order valence-electron chi connectivity index (χ1n) is 5.70. The number of nitrogens with one attached hydrogen (secondary N) is 1. The predicted octanol–water partition coefficient (Wildman–Crippen LogP) is 1.13. The standard InChI is InChI=1S/C9H14N4O2.C2H6/c1-5-10-8-7(9(11-5)15-3)6(4-14)13(2)12-8;1-2/h6,14H,4H2,1-3H3,(H,10,11,12);1-2H3. The van der Waals surface area contributed by atoms with Gasteiger partial charge in [-0.1, -0.05) is 13.8 Å². The van der Waals surface area contributed by atoms with Gasteiger partial charge >= 0.3 is 0 Å². The van der Waals surface area contributed by atoms with Crippen LogP contribution < -0.4 is 10.2 Å². The van der Waals surface area contributed by atoms with Crippen molar-refractivity contribution in [1.82, 2.24) is 15.0 Å². The molecule has 2 N–H and O–H groups in total.